The Labute approximate surface area is 153 Å². The molecule has 0 N–H and O–H groups in total. The van der Waals surface area contributed by atoms with Crippen LogP contribution < -0.4 is 0 Å². The van der Waals surface area contributed by atoms with Crippen LogP contribution in [0.5, 0.6) is 0 Å². The molecule has 0 atom stereocenters. The minimum absolute atomic E-state index is 0.188. The number of rotatable bonds is 6. The highest BCUT2D eigenvalue weighted by Gasteiger charge is 2.26. The fraction of sp³-hybridized carbons (Fsp3) is 0.500. The van der Waals surface area contributed by atoms with E-state index in [0.29, 0.717) is 31.1 Å². The summed E-state index contributed by atoms with van der Waals surface area (Å²) in [6, 6.07) is 6.61. The minimum atomic E-state index is -0.263. The Morgan fingerprint density at radius 2 is 2.08 bits per heavy atom. The van der Waals surface area contributed by atoms with Gasteiger partial charge < -0.3 is 9.64 Å². The fourth-order valence-corrected chi connectivity index (χ4v) is 3.35. The molecule has 0 saturated heterocycles. The van der Waals surface area contributed by atoms with Gasteiger partial charge in [-0.05, 0) is 12.0 Å². The first kappa shape index (κ1) is 18.6. The first-order valence-corrected chi connectivity index (χ1v) is 9.08. The van der Waals surface area contributed by atoms with Crippen LogP contribution in [0.4, 0.5) is 4.39 Å². The average Bonchev–Trinajstić information content (AvgIpc) is 2.91. The highest BCUT2D eigenvalue weighted by atomic mass is 19.1. The minimum Gasteiger partial charge on any atom is -0.370 e. The summed E-state index contributed by atoms with van der Waals surface area (Å²) >= 11 is 0. The second kappa shape index (κ2) is 7.99. The monoisotopic (exact) mass is 359 g/mol. The molecule has 1 aliphatic heterocycles. The van der Waals surface area contributed by atoms with Gasteiger partial charge in [-0.1, -0.05) is 32.0 Å². The summed E-state index contributed by atoms with van der Waals surface area (Å²) in [5.74, 6) is 0.273. The second-order valence-electron chi connectivity index (χ2n) is 7.24. The lowest BCUT2D eigenvalue weighted by Gasteiger charge is -2.28. The molecule has 1 aromatic heterocycles. The Kier molecular flexibility index (Phi) is 5.71. The van der Waals surface area contributed by atoms with Crippen LogP contribution in [0.1, 0.15) is 42.8 Å². The Bertz CT molecular complexity index is 785. The van der Waals surface area contributed by atoms with E-state index in [1.807, 2.05) is 16.6 Å². The zero-order valence-electron chi connectivity index (χ0n) is 15.7. The maximum Gasteiger partial charge on any atom is 0.223 e. The summed E-state index contributed by atoms with van der Waals surface area (Å²) in [6.07, 6.45) is 1.37. The third-order valence-electron chi connectivity index (χ3n) is 4.72. The first-order valence-electron chi connectivity index (χ1n) is 9.08. The molecule has 0 fully saturated rings. The van der Waals surface area contributed by atoms with E-state index < -0.39 is 0 Å². The van der Waals surface area contributed by atoms with Gasteiger partial charge >= 0.3 is 0 Å². The maximum absolute atomic E-state index is 13.7. The molecule has 2 heterocycles. The fourth-order valence-electron chi connectivity index (χ4n) is 3.35. The van der Waals surface area contributed by atoms with E-state index in [9.17, 15) is 9.18 Å². The number of aryl methyl sites for hydroxylation is 1. The van der Waals surface area contributed by atoms with Crippen LogP contribution in [0.3, 0.4) is 0 Å². The molecule has 0 saturated carbocycles. The van der Waals surface area contributed by atoms with Crippen molar-refractivity contribution in [2.24, 2.45) is 13.0 Å². The predicted molar refractivity (Wildman–Crippen MR) is 96.7 cm³/mol. The zero-order valence-corrected chi connectivity index (χ0v) is 15.7. The van der Waals surface area contributed by atoms with Gasteiger partial charge in [0.15, 0.2) is 0 Å². The molecule has 140 valence electrons. The van der Waals surface area contributed by atoms with Crippen molar-refractivity contribution < 1.29 is 13.9 Å². The number of hydrogen-bond acceptors (Lipinski definition) is 3. The van der Waals surface area contributed by atoms with Gasteiger partial charge in [-0.2, -0.15) is 5.10 Å². The number of benzene rings is 1. The predicted octanol–water partition coefficient (Wildman–Crippen LogP) is 3.21. The molecular formula is C20H26FN3O2. The van der Waals surface area contributed by atoms with E-state index in [0.717, 1.165) is 29.9 Å². The van der Waals surface area contributed by atoms with Crippen molar-refractivity contribution in [1.29, 1.82) is 0 Å². The Morgan fingerprint density at radius 1 is 1.31 bits per heavy atom. The van der Waals surface area contributed by atoms with E-state index in [2.05, 4.69) is 18.9 Å². The highest BCUT2D eigenvalue weighted by molar-refractivity contribution is 5.76. The number of halogens is 1. The summed E-state index contributed by atoms with van der Waals surface area (Å²) in [5.41, 5.74) is 3.60. The molecule has 2 aromatic rings. The number of hydrogen-bond donors (Lipinski definition) is 0. The topological polar surface area (TPSA) is 47.4 Å². The van der Waals surface area contributed by atoms with Crippen molar-refractivity contribution in [2.75, 3.05) is 6.54 Å². The number of aromatic nitrogens is 2. The molecule has 0 aliphatic carbocycles. The lowest BCUT2D eigenvalue weighted by molar-refractivity contribution is -0.132. The molecule has 26 heavy (non-hydrogen) atoms. The third kappa shape index (κ3) is 4.12. The molecule has 0 spiro atoms. The third-order valence-corrected chi connectivity index (χ3v) is 4.72. The largest absolute Gasteiger partial charge is 0.370 e. The van der Waals surface area contributed by atoms with E-state index in [4.69, 9.17) is 4.74 Å². The standard InChI is InChI=1S/C20H26FN3O2/c1-14(2)10-20(25)24-9-8-19-16(11-24)18(22-23(19)3)13-26-12-15-6-4-5-7-17(15)21/h4-7,14H,8-13H2,1-3H3. The molecule has 5 nitrogen and oxygen atoms in total. The normalized spacial score (nSPS) is 14.0. The lowest BCUT2D eigenvalue weighted by Crippen LogP contribution is -2.37. The number of carbonyl (C=O) groups excluding carboxylic acids is 1. The van der Waals surface area contributed by atoms with Gasteiger partial charge in [-0.25, -0.2) is 4.39 Å². The van der Waals surface area contributed by atoms with Gasteiger partial charge in [0.2, 0.25) is 5.91 Å². The number of fused-ring (bicyclic) bond motifs is 1. The van der Waals surface area contributed by atoms with E-state index in [1.54, 1.807) is 18.2 Å². The summed E-state index contributed by atoms with van der Waals surface area (Å²) < 4.78 is 21.3. The number of carbonyl (C=O) groups is 1. The van der Waals surface area contributed by atoms with Gasteiger partial charge in [-0.15, -0.1) is 0 Å². The molecule has 1 aromatic carbocycles. The summed E-state index contributed by atoms with van der Waals surface area (Å²) in [4.78, 5) is 14.3. The smallest absolute Gasteiger partial charge is 0.223 e. The second-order valence-corrected chi connectivity index (χ2v) is 7.24. The number of ether oxygens (including phenoxy) is 1. The molecule has 1 aliphatic rings. The average molecular weight is 359 g/mol. The number of amides is 1. The van der Waals surface area contributed by atoms with Crippen LogP contribution in [0.15, 0.2) is 24.3 Å². The molecular weight excluding hydrogens is 333 g/mol. The van der Waals surface area contributed by atoms with E-state index >= 15 is 0 Å². The Balaban J connectivity index is 1.67. The van der Waals surface area contributed by atoms with Crippen LogP contribution in [-0.2, 0) is 42.8 Å². The van der Waals surface area contributed by atoms with Crippen molar-refractivity contribution in [3.8, 4) is 0 Å². The molecule has 0 unspecified atom stereocenters. The molecule has 0 bridgehead atoms. The first-order chi connectivity index (χ1) is 12.5. The van der Waals surface area contributed by atoms with Gasteiger partial charge in [0.25, 0.3) is 0 Å². The van der Waals surface area contributed by atoms with Crippen molar-refractivity contribution in [2.45, 2.75) is 46.4 Å². The summed E-state index contributed by atoms with van der Waals surface area (Å²) in [5, 5.41) is 4.56. The SMILES string of the molecule is CC(C)CC(=O)N1CCc2c(c(COCc3ccccc3F)nn2C)C1. The molecule has 1 amide bonds. The van der Waals surface area contributed by atoms with Gasteiger partial charge in [0, 0.05) is 49.8 Å². The highest BCUT2D eigenvalue weighted by Crippen LogP contribution is 2.24. The molecule has 6 heteroatoms. The van der Waals surface area contributed by atoms with E-state index in [1.165, 1.54) is 6.07 Å². The van der Waals surface area contributed by atoms with Crippen molar-refractivity contribution in [3.63, 3.8) is 0 Å². The van der Waals surface area contributed by atoms with Gasteiger partial charge in [-0.3, -0.25) is 9.48 Å². The number of nitrogens with zero attached hydrogens (tertiary/aromatic N) is 3. The zero-order chi connectivity index (χ0) is 18.7. The summed E-state index contributed by atoms with van der Waals surface area (Å²) in [7, 11) is 1.92. The van der Waals surface area contributed by atoms with Crippen LogP contribution in [-0.4, -0.2) is 27.1 Å². The van der Waals surface area contributed by atoms with Gasteiger partial charge in [0.05, 0.1) is 18.9 Å². The molecule has 3 rings (SSSR count). The quantitative estimate of drug-likeness (QED) is 0.796. The Morgan fingerprint density at radius 3 is 2.81 bits per heavy atom. The molecule has 0 radical (unpaired) electrons. The van der Waals surface area contributed by atoms with E-state index in [-0.39, 0.29) is 18.3 Å². The summed E-state index contributed by atoms with van der Waals surface area (Å²) in [6.45, 7) is 5.93. The van der Waals surface area contributed by atoms with Crippen LogP contribution >= 0.6 is 0 Å². The van der Waals surface area contributed by atoms with Crippen LogP contribution in [0.25, 0.3) is 0 Å². The van der Waals surface area contributed by atoms with Crippen molar-refractivity contribution in [1.82, 2.24) is 14.7 Å². The van der Waals surface area contributed by atoms with Crippen LogP contribution in [0, 0.1) is 11.7 Å². The van der Waals surface area contributed by atoms with Gasteiger partial charge in [0.1, 0.15) is 5.82 Å². The van der Waals surface area contributed by atoms with Crippen molar-refractivity contribution >= 4 is 5.91 Å². The maximum atomic E-state index is 13.7. The van der Waals surface area contributed by atoms with Crippen molar-refractivity contribution in [3.05, 3.63) is 52.6 Å². The lowest BCUT2D eigenvalue weighted by atomic mass is 10.0. The Hall–Kier alpha value is -2.21. The van der Waals surface area contributed by atoms with Crippen LogP contribution in [0.2, 0.25) is 0 Å².